The van der Waals surface area contributed by atoms with E-state index < -0.39 is 4.92 Å². The molecule has 4 rings (SSSR count). The Balaban J connectivity index is 1.67. The summed E-state index contributed by atoms with van der Waals surface area (Å²) in [5.41, 5.74) is 4.16. The van der Waals surface area contributed by atoms with Crippen LogP contribution >= 0.6 is 0 Å². The van der Waals surface area contributed by atoms with E-state index in [0.717, 1.165) is 18.4 Å². The summed E-state index contributed by atoms with van der Waals surface area (Å²) in [6, 6.07) is 15.0. The number of carbonyl (C=O) groups is 1. The molecule has 1 aliphatic carbocycles. The van der Waals surface area contributed by atoms with Gasteiger partial charge in [0, 0.05) is 18.7 Å². The van der Waals surface area contributed by atoms with E-state index in [1.165, 1.54) is 28.5 Å². The number of nitrogens with zero attached hydrogens (tertiary/aromatic N) is 1. The SMILES string of the molecule is CNc1ccc(/C=C/C(=O)c2ccc3cccc4c3c2CC4)cc1[N+](=O)[O-]. The number of aryl methyl sites for hydroxylation is 2. The van der Waals surface area contributed by atoms with Crippen molar-refractivity contribution in [1.29, 1.82) is 0 Å². The summed E-state index contributed by atoms with van der Waals surface area (Å²) in [5, 5.41) is 16.3. The summed E-state index contributed by atoms with van der Waals surface area (Å²) in [6.45, 7) is 0. The second-order valence-corrected chi connectivity index (χ2v) is 6.59. The number of nitro benzene ring substituents is 1. The highest BCUT2D eigenvalue weighted by atomic mass is 16.6. The molecule has 134 valence electrons. The molecule has 0 amide bonds. The van der Waals surface area contributed by atoms with Crippen LogP contribution in [-0.2, 0) is 12.8 Å². The average molecular weight is 358 g/mol. The summed E-state index contributed by atoms with van der Waals surface area (Å²) < 4.78 is 0. The van der Waals surface area contributed by atoms with Gasteiger partial charge in [0.25, 0.3) is 5.69 Å². The van der Waals surface area contributed by atoms with E-state index in [2.05, 4.69) is 23.5 Å². The predicted molar refractivity (Wildman–Crippen MR) is 107 cm³/mol. The number of carbonyl (C=O) groups excluding carboxylic acids is 1. The average Bonchev–Trinajstić information content (AvgIpc) is 3.12. The Hall–Kier alpha value is -3.47. The fourth-order valence-corrected chi connectivity index (χ4v) is 3.77. The summed E-state index contributed by atoms with van der Waals surface area (Å²) in [5.74, 6) is -0.0797. The first kappa shape index (κ1) is 17.0. The predicted octanol–water partition coefficient (Wildman–Crippen LogP) is 4.78. The van der Waals surface area contributed by atoms with Crippen LogP contribution in [0, 0.1) is 10.1 Å². The van der Waals surface area contributed by atoms with E-state index in [4.69, 9.17) is 0 Å². The minimum absolute atomic E-state index is 0.0129. The van der Waals surface area contributed by atoms with Gasteiger partial charge in [-0.05, 0) is 52.4 Å². The lowest BCUT2D eigenvalue weighted by Crippen LogP contribution is -2.00. The lowest BCUT2D eigenvalue weighted by Gasteiger charge is -2.06. The molecule has 0 radical (unpaired) electrons. The first-order valence-corrected chi connectivity index (χ1v) is 8.80. The van der Waals surface area contributed by atoms with E-state index in [1.54, 1.807) is 25.3 Å². The van der Waals surface area contributed by atoms with Crippen molar-refractivity contribution in [2.45, 2.75) is 12.8 Å². The standard InChI is InChI=1S/C22H18N2O3/c1-23-19-11-5-14(13-20(19)24(26)27)6-12-21(25)17-9-7-15-3-2-4-16-8-10-18(17)22(15)16/h2-7,9,11-13,23H,8,10H2,1H3/b12-6+. The smallest absolute Gasteiger partial charge is 0.292 e. The van der Waals surface area contributed by atoms with Crippen LogP contribution in [0.4, 0.5) is 11.4 Å². The molecule has 0 fully saturated rings. The van der Waals surface area contributed by atoms with Gasteiger partial charge in [-0.15, -0.1) is 0 Å². The summed E-state index contributed by atoms with van der Waals surface area (Å²) >= 11 is 0. The van der Waals surface area contributed by atoms with Crippen molar-refractivity contribution >= 4 is 34.0 Å². The molecule has 3 aromatic carbocycles. The summed E-state index contributed by atoms with van der Waals surface area (Å²) in [6.07, 6.45) is 4.95. The number of allylic oxidation sites excluding steroid dienone is 1. The zero-order valence-corrected chi connectivity index (χ0v) is 14.9. The van der Waals surface area contributed by atoms with Crippen molar-refractivity contribution in [2.75, 3.05) is 12.4 Å². The lowest BCUT2D eigenvalue weighted by molar-refractivity contribution is -0.383. The Labute approximate surface area is 156 Å². The summed E-state index contributed by atoms with van der Waals surface area (Å²) in [7, 11) is 1.64. The molecule has 0 saturated carbocycles. The molecular weight excluding hydrogens is 340 g/mol. The molecule has 3 aromatic rings. The first-order chi connectivity index (χ1) is 13.1. The summed E-state index contributed by atoms with van der Waals surface area (Å²) in [4.78, 5) is 23.5. The van der Waals surface area contributed by atoms with E-state index in [1.807, 2.05) is 12.1 Å². The second kappa shape index (κ2) is 6.68. The van der Waals surface area contributed by atoms with Crippen LogP contribution in [0.15, 0.2) is 54.6 Å². The molecule has 0 unspecified atom stereocenters. The van der Waals surface area contributed by atoms with Crippen molar-refractivity contribution in [3.8, 4) is 0 Å². The van der Waals surface area contributed by atoms with Gasteiger partial charge in [-0.25, -0.2) is 0 Å². The molecule has 0 aromatic heterocycles. The highest BCUT2D eigenvalue weighted by Crippen LogP contribution is 2.33. The Kier molecular flexibility index (Phi) is 4.20. The van der Waals surface area contributed by atoms with E-state index in [-0.39, 0.29) is 11.5 Å². The van der Waals surface area contributed by atoms with Gasteiger partial charge in [0.15, 0.2) is 5.78 Å². The highest BCUT2D eigenvalue weighted by Gasteiger charge is 2.20. The van der Waals surface area contributed by atoms with Crippen LogP contribution in [0.3, 0.4) is 0 Å². The normalized spacial score (nSPS) is 12.6. The topological polar surface area (TPSA) is 72.2 Å². The van der Waals surface area contributed by atoms with Crippen molar-refractivity contribution < 1.29 is 9.72 Å². The maximum atomic E-state index is 12.8. The molecule has 5 heteroatoms. The number of anilines is 1. The van der Waals surface area contributed by atoms with Gasteiger partial charge in [-0.3, -0.25) is 14.9 Å². The molecule has 0 spiro atoms. The fraction of sp³-hybridized carbons (Fsp3) is 0.136. The van der Waals surface area contributed by atoms with Crippen molar-refractivity contribution in [1.82, 2.24) is 0 Å². The largest absolute Gasteiger partial charge is 0.383 e. The van der Waals surface area contributed by atoms with Gasteiger partial charge < -0.3 is 5.32 Å². The number of rotatable bonds is 5. The van der Waals surface area contributed by atoms with Gasteiger partial charge in [0.05, 0.1) is 4.92 Å². The first-order valence-electron chi connectivity index (χ1n) is 8.80. The van der Waals surface area contributed by atoms with Gasteiger partial charge in [0.2, 0.25) is 0 Å². The fourth-order valence-electron chi connectivity index (χ4n) is 3.77. The molecular formula is C22H18N2O3. The molecule has 0 saturated heterocycles. The Bertz CT molecular complexity index is 1120. The van der Waals surface area contributed by atoms with Gasteiger partial charge in [-0.1, -0.05) is 42.5 Å². The van der Waals surface area contributed by atoms with E-state index in [0.29, 0.717) is 16.8 Å². The third kappa shape index (κ3) is 2.97. The van der Waals surface area contributed by atoms with E-state index >= 15 is 0 Å². The van der Waals surface area contributed by atoms with Crippen molar-refractivity contribution in [3.05, 3.63) is 87.0 Å². The number of hydrogen-bond acceptors (Lipinski definition) is 4. The monoisotopic (exact) mass is 358 g/mol. The van der Waals surface area contributed by atoms with Crippen LogP contribution in [0.5, 0.6) is 0 Å². The third-order valence-electron chi connectivity index (χ3n) is 5.06. The number of benzene rings is 3. The maximum Gasteiger partial charge on any atom is 0.292 e. The minimum Gasteiger partial charge on any atom is -0.383 e. The lowest BCUT2D eigenvalue weighted by atomic mass is 9.97. The molecule has 5 nitrogen and oxygen atoms in total. The minimum atomic E-state index is -0.434. The second-order valence-electron chi connectivity index (χ2n) is 6.59. The zero-order valence-electron chi connectivity index (χ0n) is 14.9. The van der Waals surface area contributed by atoms with E-state index in [9.17, 15) is 14.9 Å². The third-order valence-corrected chi connectivity index (χ3v) is 5.06. The molecule has 27 heavy (non-hydrogen) atoms. The van der Waals surface area contributed by atoms with Crippen LogP contribution in [0.1, 0.15) is 27.0 Å². The molecule has 0 heterocycles. The van der Waals surface area contributed by atoms with Gasteiger partial charge in [-0.2, -0.15) is 0 Å². The quantitative estimate of drug-likeness (QED) is 0.308. The van der Waals surface area contributed by atoms with Crippen LogP contribution < -0.4 is 5.32 Å². The molecule has 1 N–H and O–H groups in total. The number of nitrogens with one attached hydrogen (secondary N) is 1. The Morgan fingerprint density at radius 3 is 2.78 bits per heavy atom. The number of nitro groups is 1. The Morgan fingerprint density at radius 1 is 1.15 bits per heavy atom. The van der Waals surface area contributed by atoms with Gasteiger partial charge >= 0.3 is 0 Å². The van der Waals surface area contributed by atoms with Crippen molar-refractivity contribution in [2.24, 2.45) is 0 Å². The molecule has 0 bridgehead atoms. The van der Waals surface area contributed by atoms with Crippen LogP contribution in [0.25, 0.3) is 16.8 Å². The number of hydrogen-bond donors (Lipinski definition) is 1. The van der Waals surface area contributed by atoms with Gasteiger partial charge in [0.1, 0.15) is 5.69 Å². The molecule has 1 aliphatic rings. The Morgan fingerprint density at radius 2 is 2.00 bits per heavy atom. The zero-order chi connectivity index (χ0) is 19.0. The van der Waals surface area contributed by atoms with Crippen molar-refractivity contribution in [3.63, 3.8) is 0 Å². The van der Waals surface area contributed by atoms with Crippen LogP contribution in [-0.4, -0.2) is 17.8 Å². The number of ketones is 1. The maximum absolute atomic E-state index is 12.8. The molecule has 0 aliphatic heterocycles. The van der Waals surface area contributed by atoms with Crippen LogP contribution in [0.2, 0.25) is 0 Å². The molecule has 0 atom stereocenters. The highest BCUT2D eigenvalue weighted by molar-refractivity contribution is 6.11.